The van der Waals surface area contributed by atoms with Gasteiger partial charge in [0.05, 0.1) is 12.5 Å². The molecular formula is C17H22ClNO3. The molecule has 1 aromatic rings. The predicted octanol–water partition coefficient (Wildman–Crippen LogP) is 3.89. The predicted molar refractivity (Wildman–Crippen MR) is 85.8 cm³/mol. The maximum Gasteiger partial charge on any atom is 0.303 e. The first-order valence-electron chi connectivity index (χ1n) is 7.72. The molecular weight excluding hydrogens is 302 g/mol. The molecule has 0 aliphatic heterocycles. The fourth-order valence-corrected chi connectivity index (χ4v) is 3.42. The Kier molecular flexibility index (Phi) is 5.83. The number of nitrogens with zero attached hydrogens (tertiary/aromatic N) is 1. The Morgan fingerprint density at radius 1 is 1.23 bits per heavy atom. The summed E-state index contributed by atoms with van der Waals surface area (Å²) in [6.07, 6.45) is 4.50. The first-order chi connectivity index (χ1) is 10.5. The zero-order chi connectivity index (χ0) is 16.1. The van der Waals surface area contributed by atoms with E-state index in [0.29, 0.717) is 10.9 Å². The monoisotopic (exact) mass is 323 g/mol. The van der Waals surface area contributed by atoms with Gasteiger partial charge in [-0.3, -0.25) is 9.59 Å². The number of benzene rings is 1. The Morgan fingerprint density at radius 2 is 1.82 bits per heavy atom. The minimum Gasteiger partial charge on any atom is -0.481 e. The molecule has 0 heterocycles. The van der Waals surface area contributed by atoms with Crippen LogP contribution in [0.4, 0.5) is 0 Å². The van der Waals surface area contributed by atoms with Crippen molar-refractivity contribution in [2.24, 2.45) is 5.92 Å². The summed E-state index contributed by atoms with van der Waals surface area (Å²) in [7, 11) is 1.78. The topological polar surface area (TPSA) is 57.6 Å². The quantitative estimate of drug-likeness (QED) is 0.864. The second-order valence-corrected chi connectivity index (χ2v) is 6.38. The summed E-state index contributed by atoms with van der Waals surface area (Å²) in [5, 5.41) is 9.43. The number of carbonyl (C=O) groups excluding carboxylic acids is 1. The Labute approximate surface area is 136 Å². The van der Waals surface area contributed by atoms with Gasteiger partial charge in [-0.1, -0.05) is 36.6 Å². The number of carboxylic acid groups (broad SMARTS) is 1. The number of halogens is 1. The first kappa shape index (κ1) is 16.8. The molecule has 22 heavy (non-hydrogen) atoms. The van der Waals surface area contributed by atoms with E-state index in [4.69, 9.17) is 16.7 Å². The van der Waals surface area contributed by atoms with Crippen molar-refractivity contribution in [2.45, 2.75) is 44.6 Å². The van der Waals surface area contributed by atoms with Crippen LogP contribution in [0.15, 0.2) is 24.3 Å². The van der Waals surface area contributed by atoms with Gasteiger partial charge in [-0.2, -0.15) is 0 Å². The molecule has 1 aliphatic carbocycles. The lowest BCUT2D eigenvalue weighted by molar-refractivity contribution is -0.141. The summed E-state index contributed by atoms with van der Waals surface area (Å²) < 4.78 is 0. The molecule has 1 fully saturated rings. The van der Waals surface area contributed by atoms with E-state index in [0.717, 1.165) is 18.4 Å². The van der Waals surface area contributed by atoms with Crippen LogP contribution in [0.5, 0.6) is 0 Å². The van der Waals surface area contributed by atoms with E-state index in [-0.39, 0.29) is 24.8 Å². The van der Waals surface area contributed by atoms with Crippen molar-refractivity contribution in [2.75, 3.05) is 7.05 Å². The van der Waals surface area contributed by atoms with Gasteiger partial charge in [0.25, 0.3) is 0 Å². The Morgan fingerprint density at radius 3 is 2.36 bits per heavy atom. The van der Waals surface area contributed by atoms with Crippen molar-refractivity contribution in [1.29, 1.82) is 0 Å². The molecule has 5 heteroatoms. The minimum atomic E-state index is -0.939. The van der Waals surface area contributed by atoms with E-state index in [9.17, 15) is 9.59 Å². The van der Waals surface area contributed by atoms with E-state index in [2.05, 4.69) is 0 Å². The van der Waals surface area contributed by atoms with Gasteiger partial charge in [0, 0.05) is 18.5 Å². The average molecular weight is 324 g/mol. The molecule has 120 valence electrons. The smallest absolute Gasteiger partial charge is 0.303 e. The van der Waals surface area contributed by atoms with E-state index in [1.165, 1.54) is 12.8 Å². The molecule has 1 N–H and O–H groups in total. The summed E-state index contributed by atoms with van der Waals surface area (Å²) >= 11 is 5.96. The minimum absolute atomic E-state index is 0.000983. The van der Waals surface area contributed by atoms with Crippen molar-refractivity contribution in [3.05, 3.63) is 34.9 Å². The lowest BCUT2D eigenvalue weighted by Gasteiger charge is -2.33. The molecule has 1 saturated carbocycles. The molecule has 0 radical (unpaired) electrons. The van der Waals surface area contributed by atoms with E-state index in [1.807, 2.05) is 24.3 Å². The van der Waals surface area contributed by atoms with Crippen LogP contribution >= 0.6 is 11.6 Å². The van der Waals surface area contributed by atoms with Gasteiger partial charge < -0.3 is 10.0 Å². The molecule has 1 aromatic carbocycles. The number of amides is 1. The Hall–Kier alpha value is -1.55. The van der Waals surface area contributed by atoms with Crippen LogP contribution < -0.4 is 0 Å². The molecule has 1 amide bonds. The maximum atomic E-state index is 12.3. The largest absolute Gasteiger partial charge is 0.481 e. The molecule has 2 rings (SSSR count). The van der Waals surface area contributed by atoms with Crippen molar-refractivity contribution >= 4 is 23.5 Å². The molecule has 1 aliphatic rings. The van der Waals surface area contributed by atoms with Gasteiger partial charge in [-0.15, -0.1) is 0 Å². The van der Waals surface area contributed by atoms with Crippen LogP contribution in [0.25, 0.3) is 0 Å². The van der Waals surface area contributed by atoms with Gasteiger partial charge in [-0.05, 0) is 36.5 Å². The molecule has 4 nitrogen and oxygen atoms in total. The molecule has 0 spiro atoms. The molecule has 0 aromatic heterocycles. The highest BCUT2D eigenvalue weighted by molar-refractivity contribution is 6.30. The third kappa shape index (κ3) is 4.23. The lowest BCUT2D eigenvalue weighted by Crippen LogP contribution is -2.35. The van der Waals surface area contributed by atoms with Crippen molar-refractivity contribution < 1.29 is 14.7 Å². The van der Waals surface area contributed by atoms with Crippen LogP contribution in [0.1, 0.15) is 50.1 Å². The third-order valence-corrected chi connectivity index (χ3v) is 4.67. The summed E-state index contributed by atoms with van der Waals surface area (Å²) in [5.74, 6) is -0.625. The van der Waals surface area contributed by atoms with E-state index >= 15 is 0 Å². The second-order valence-electron chi connectivity index (χ2n) is 5.94. The number of hydrogen-bond acceptors (Lipinski definition) is 2. The highest BCUT2D eigenvalue weighted by Gasteiger charge is 2.31. The number of aliphatic carboxylic acids is 1. The zero-order valence-electron chi connectivity index (χ0n) is 12.8. The van der Waals surface area contributed by atoms with E-state index < -0.39 is 5.97 Å². The highest BCUT2D eigenvalue weighted by atomic mass is 35.5. The number of hydrogen-bond donors (Lipinski definition) is 1. The standard InChI is InChI=1S/C17H22ClNO3/c1-19(15(20)10-11-16(21)22)17(12-4-2-3-5-12)13-6-8-14(18)9-7-13/h6-9,12,17H,2-5,10-11H2,1H3,(H,21,22). The normalized spacial score (nSPS) is 16.5. The second kappa shape index (κ2) is 7.63. The van der Waals surface area contributed by atoms with Crippen LogP contribution in [-0.2, 0) is 9.59 Å². The average Bonchev–Trinajstić information content (AvgIpc) is 3.00. The van der Waals surface area contributed by atoms with Crippen LogP contribution in [0.2, 0.25) is 5.02 Å². The molecule has 1 unspecified atom stereocenters. The third-order valence-electron chi connectivity index (χ3n) is 4.42. The van der Waals surface area contributed by atoms with Crippen LogP contribution in [0, 0.1) is 5.92 Å². The fourth-order valence-electron chi connectivity index (χ4n) is 3.29. The Bertz CT molecular complexity index is 523. The van der Waals surface area contributed by atoms with Gasteiger partial charge in [-0.25, -0.2) is 0 Å². The highest BCUT2D eigenvalue weighted by Crippen LogP contribution is 2.39. The lowest BCUT2D eigenvalue weighted by atomic mass is 9.90. The van der Waals surface area contributed by atoms with Crippen LogP contribution in [0.3, 0.4) is 0 Å². The molecule has 1 atom stereocenters. The van der Waals surface area contributed by atoms with Crippen molar-refractivity contribution in [3.8, 4) is 0 Å². The summed E-state index contributed by atoms with van der Waals surface area (Å²) in [5.41, 5.74) is 1.07. The SMILES string of the molecule is CN(C(=O)CCC(=O)O)C(c1ccc(Cl)cc1)C1CCCC1. The van der Waals surface area contributed by atoms with Crippen molar-refractivity contribution in [1.82, 2.24) is 4.90 Å². The number of carboxylic acids is 1. The maximum absolute atomic E-state index is 12.3. The molecule has 0 saturated heterocycles. The number of rotatable bonds is 6. The Balaban J connectivity index is 2.18. The van der Waals surface area contributed by atoms with Gasteiger partial charge in [0.15, 0.2) is 0 Å². The summed E-state index contributed by atoms with van der Waals surface area (Å²) in [6, 6.07) is 7.61. The van der Waals surface area contributed by atoms with Crippen LogP contribution in [-0.4, -0.2) is 28.9 Å². The van der Waals surface area contributed by atoms with Gasteiger partial charge in [0.2, 0.25) is 5.91 Å². The summed E-state index contributed by atoms with van der Waals surface area (Å²) in [6.45, 7) is 0. The zero-order valence-corrected chi connectivity index (χ0v) is 13.6. The van der Waals surface area contributed by atoms with Gasteiger partial charge >= 0.3 is 5.97 Å². The van der Waals surface area contributed by atoms with E-state index in [1.54, 1.807) is 11.9 Å². The number of carbonyl (C=O) groups is 2. The molecule has 0 bridgehead atoms. The summed E-state index contributed by atoms with van der Waals surface area (Å²) in [4.78, 5) is 24.7. The first-order valence-corrected chi connectivity index (χ1v) is 8.09. The van der Waals surface area contributed by atoms with Crippen molar-refractivity contribution in [3.63, 3.8) is 0 Å². The van der Waals surface area contributed by atoms with Gasteiger partial charge in [0.1, 0.15) is 0 Å². The fraction of sp³-hybridized carbons (Fsp3) is 0.529.